The third-order valence-electron chi connectivity index (χ3n) is 12.0. The Morgan fingerprint density at radius 1 is 0.898 bits per heavy atom. The van der Waals surface area contributed by atoms with Gasteiger partial charge in [-0.3, -0.25) is 39.1 Å². The summed E-state index contributed by atoms with van der Waals surface area (Å²) in [7, 11) is 0. The van der Waals surface area contributed by atoms with E-state index in [9.17, 15) is 28.0 Å². The summed E-state index contributed by atoms with van der Waals surface area (Å²) in [6.45, 7) is 7.12. The Hall–Kier alpha value is -5.72. The summed E-state index contributed by atoms with van der Waals surface area (Å²) in [5.41, 5.74) is 0.763. The molecule has 1 aromatic carbocycles. The van der Waals surface area contributed by atoms with Gasteiger partial charge in [-0.1, -0.05) is 13.8 Å². The van der Waals surface area contributed by atoms with Gasteiger partial charge in [-0.2, -0.15) is 15.0 Å². The van der Waals surface area contributed by atoms with Crippen LogP contribution in [0.25, 0.3) is 5.69 Å². The molecule has 19 heteroatoms. The first-order valence-corrected chi connectivity index (χ1v) is 20.0. The summed E-state index contributed by atoms with van der Waals surface area (Å²) in [6, 6.07) is 6.02. The molecule has 3 saturated heterocycles. The van der Waals surface area contributed by atoms with E-state index in [0.29, 0.717) is 63.5 Å². The lowest BCUT2D eigenvalue weighted by molar-refractivity contribution is -0.138. The van der Waals surface area contributed by atoms with E-state index < -0.39 is 47.4 Å². The van der Waals surface area contributed by atoms with Crippen molar-refractivity contribution in [1.82, 2.24) is 44.9 Å². The molecule has 3 aliphatic heterocycles. The van der Waals surface area contributed by atoms with Gasteiger partial charge in [0.25, 0.3) is 12.3 Å². The molecule has 2 N–H and O–H groups in total. The van der Waals surface area contributed by atoms with Gasteiger partial charge in [0.2, 0.25) is 17.7 Å². The topological polar surface area (TPSA) is 163 Å². The summed E-state index contributed by atoms with van der Waals surface area (Å²) in [5.74, 6) is -4.78. The molecule has 1 aliphatic carbocycles. The van der Waals surface area contributed by atoms with Gasteiger partial charge < -0.3 is 15.1 Å². The molecule has 0 spiro atoms. The van der Waals surface area contributed by atoms with Gasteiger partial charge in [-0.25, -0.2) is 17.6 Å². The largest absolute Gasteiger partial charge is 0.370 e. The normalized spacial score (nSPS) is 21.9. The number of pyridine rings is 1. The molecular weight excluding hydrogens is 775 g/mol. The molecule has 0 bridgehead atoms. The first-order valence-electron chi connectivity index (χ1n) is 20.0. The molecule has 0 radical (unpaired) electrons. The van der Waals surface area contributed by atoms with Crippen LogP contribution in [0.3, 0.4) is 0 Å². The fourth-order valence-electron chi connectivity index (χ4n) is 8.56. The first-order chi connectivity index (χ1) is 28.3. The van der Waals surface area contributed by atoms with Gasteiger partial charge >= 0.3 is 0 Å². The van der Waals surface area contributed by atoms with Crippen molar-refractivity contribution >= 4 is 35.0 Å². The number of alkyl halides is 2. The molecule has 3 aromatic heterocycles. The fraction of sp³-hybridized carbons (Fsp3) is 0.500. The minimum absolute atomic E-state index is 0.000663. The van der Waals surface area contributed by atoms with Crippen molar-refractivity contribution in [2.75, 3.05) is 49.5 Å². The lowest BCUT2D eigenvalue weighted by Crippen LogP contribution is -2.59. The van der Waals surface area contributed by atoms with Crippen molar-refractivity contribution in [3.63, 3.8) is 0 Å². The number of halogens is 4. The van der Waals surface area contributed by atoms with Crippen LogP contribution in [-0.2, 0) is 14.4 Å². The van der Waals surface area contributed by atoms with Crippen molar-refractivity contribution in [1.29, 1.82) is 0 Å². The maximum Gasteiger partial charge on any atom is 0.284 e. The van der Waals surface area contributed by atoms with Gasteiger partial charge in [0.05, 0.1) is 35.4 Å². The predicted octanol–water partition coefficient (Wildman–Crippen LogP) is 4.73. The number of carbonyl (C=O) groups is 4. The average Bonchev–Trinajstić information content (AvgIpc) is 3.87. The van der Waals surface area contributed by atoms with Gasteiger partial charge in [-0.05, 0) is 62.3 Å². The van der Waals surface area contributed by atoms with Crippen LogP contribution in [0.15, 0.2) is 42.9 Å². The Morgan fingerprint density at radius 3 is 2.25 bits per heavy atom. The Morgan fingerprint density at radius 2 is 1.59 bits per heavy atom. The lowest BCUT2D eigenvalue weighted by Gasteiger charge is -2.45. The van der Waals surface area contributed by atoms with E-state index in [1.165, 1.54) is 34.0 Å². The highest BCUT2D eigenvalue weighted by Crippen LogP contribution is 2.37. The number of imide groups is 1. The van der Waals surface area contributed by atoms with Crippen molar-refractivity contribution in [3.05, 3.63) is 77.1 Å². The molecule has 1 saturated carbocycles. The quantitative estimate of drug-likeness (QED) is 0.169. The Bertz CT molecular complexity index is 2220. The van der Waals surface area contributed by atoms with Gasteiger partial charge in [0.15, 0.2) is 11.4 Å². The summed E-state index contributed by atoms with van der Waals surface area (Å²) < 4.78 is 59.9. The fourth-order valence-corrected chi connectivity index (χ4v) is 8.56. The third kappa shape index (κ3) is 8.29. The third-order valence-corrected chi connectivity index (χ3v) is 12.0. The smallest absolute Gasteiger partial charge is 0.284 e. The van der Waals surface area contributed by atoms with Crippen LogP contribution in [0.1, 0.15) is 104 Å². The van der Waals surface area contributed by atoms with Crippen molar-refractivity contribution in [2.45, 2.75) is 82.7 Å². The second-order valence-corrected chi connectivity index (χ2v) is 16.0. The molecule has 6 heterocycles. The Kier molecular flexibility index (Phi) is 11.2. The molecule has 4 aromatic rings. The highest BCUT2D eigenvalue weighted by Gasteiger charge is 2.39. The van der Waals surface area contributed by atoms with Gasteiger partial charge in [-0.15, -0.1) is 5.10 Å². The summed E-state index contributed by atoms with van der Waals surface area (Å²) in [5, 5.41) is 17.3. The number of nitrogens with zero attached hydrogens (tertiary/aromatic N) is 9. The molecule has 8 rings (SSSR count). The van der Waals surface area contributed by atoms with Crippen LogP contribution >= 0.6 is 0 Å². The first kappa shape index (κ1) is 40.1. The van der Waals surface area contributed by atoms with Crippen molar-refractivity contribution < 1.29 is 36.7 Å². The van der Waals surface area contributed by atoms with Crippen LogP contribution in [0, 0.1) is 17.6 Å². The molecule has 4 fully saturated rings. The number of hydrogen-bond acceptors (Lipinski definition) is 10. The zero-order valence-electron chi connectivity index (χ0n) is 32.7. The molecule has 4 aliphatic rings. The van der Waals surface area contributed by atoms with Gasteiger partial charge in [0, 0.05) is 81.1 Å². The molecular formula is C40H45F4N11O4. The van der Waals surface area contributed by atoms with E-state index in [0.717, 1.165) is 18.5 Å². The number of anilines is 2. The summed E-state index contributed by atoms with van der Waals surface area (Å²) >= 11 is 0. The monoisotopic (exact) mass is 819 g/mol. The van der Waals surface area contributed by atoms with E-state index in [1.807, 2.05) is 24.8 Å². The second kappa shape index (κ2) is 16.5. The van der Waals surface area contributed by atoms with Crippen LogP contribution in [0.4, 0.5) is 28.9 Å². The SMILES string of the molecule is CC(C)c1cc(-n2ncc(C(=O)Nc3cn(C4CCC(N5CCN(C(=O)C6CN(c7cc(F)c([C@H]8CCC(=O)NC8=O)c(F)c7)C6)CC5)CC4)nc3C(F)F)n2)ccn1. The molecule has 59 heavy (non-hydrogen) atoms. The minimum atomic E-state index is -2.91. The van der Waals surface area contributed by atoms with E-state index in [-0.39, 0.29) is 59.6 Å². The van der Waals surface area contributed by atoms with Gasteiger partial charge in [0.1, 0.15) is 11.6 Å². The molecule has 4 amide bonds. The maximum absolute atomic E-state index is 15.1. The predicted molar refractivity (Wildman–Crippen MR) is 205 cm³/mol. The van der Waals surface area contributed by atoms with Crippen molar-refractivity contribution in [3.8, 4) is 5.69 Å². The lowest BCUT2D eigenvalue weighted by atomic mass is 9.89. The maximum atomic E-state index is 15.1. The number of hydrogen-bond donors (Lipinski definition) is 2. The minimum Gasteiger partial charge on any atom is -0.370 e. The number of nitrogens with one attached hydrogen (secondary N) is 2. The Labute approximate surface area is 337 Å². The van der Waals surface area contributed by atoms with Crippen LogP contribution < -0.4 is 15.5 Å². The zero-order valence-corrected chi connectivity index (χ0v) is 32.7. The zero-order chi connectivity index (χ0) is 41.5. The molecule has 1 atom stereocenters. The number of benzene rings is 1. The molecule has 312 valence electrons. The van der Waals surface area contributed by atoms with E-state index >= 15 is 8.78 Å². The van der Waals surface area contributed by atoms with E-state index in [2.05, 4.69) is 35.8 Å². The summed E-state index contributed by atoms with van der Waals surface area (Å²) in [6.07, 6.45) is 4.54. The van der Waals surface area contributed by atoms with Crippen molar-refractivity contribution in [2.24, 2.45) is 5.92 Å². The number of piperazine rings is 1. The molecule has 0 unspecified atom stereocenters. The number of carbonyl (C=O) groups excluding carboxylic acids is 4. The van der Waals surface area contributed by atoms with Crippen LogP contribution in [0.2, 0.25) is 0 Å². The Balaban J connectivity index is 0.805. The van der Waals surface area contributed by atoms with E-state index in [4.69, 9.17) is 0 Å². The number of piperidine rings is 1. The average molecular weight is 820 g/mol. The number of amides is 4. The van der Waals surface area contributed by atoms with Crippen LogP contribution in [0.5, 0.6) is 0 Å². The highest BCUT2D eigenvalue weighted by atomic mass is 19.3. The molecule has 15 nitrogen and oxygen atoms in total. The summed E-state index contributed by atoms with van der Waals surface area (Å²) in [4.78, 5) is 61.7. The standard InChI is InChI=1S/C40H45F4N11O4/c1-22(2)31-17-26(9-10-45-31)55-46-18-32(49-55)39(58)47-33-21-54(50-36(33)37(43)44)25-5-3-24(4-6-25)51-11-13-52(14-12-51)40(59)23-19-53(20-23)27-15-29(41)35(30(42)16-27)28-7-8-34(56)48-38(28)57/h9-10,15-18,21-25,28,37H,3-8,11-14,19-20H2,1-2H3,(H,47,58)(H,48,56,57)/t24?,25?,28-/m1/s1. The number of rotatable bonds is 10. The number of aromatic nitrogens is 6. The van der Waals surface area contributed by atoms with Crippen LogP contribution in [-0.4, -0.2) is 108 Å². The van der Waals surface area contributed by atoms with E-state index in [1.54, 1.807) is 17.2 Å². The second-order valence-electron chi connectivity index (χ2n) is 16.0. The highest BCUT2D eigenvalue weighted by molar-refractivity contribution is 6.03.